The van der Waals surface area contributed by atoms with Gasteiger partial charge in [-0.15, -0.1) is 0 Å². The van der Waals surface area contributed by atoms with Gasteiger partial charge in [0.1, 0.15) is 5.75 Å². The number of ether oxygens (including phenoxy) is 1. The zero-order chi connectivity index (χ0) is 15.2. The second-order valence-corrected chi connectivity index (χ2v) is 4.97. The highest BCUT2D eigenvalue weighted by atomic mass is 19.3. The Hall–Kier alpha value is -1.89. The molecule has 5 nitrogen and oxygen atoms in total. The summed E-state index contributed by atoms with van der Waals surface area (Å²) in [5, 5.41) is 11.8. The Bertz CT molecular complexity index is 485. The van der Waals surface area contributed by atoms with Crippen LogP contribution in [0, 0.1) is 5.92 Å². The Morgan fingerprint density at radius 2 is 2.33 bits per heavy atom. The molecule has 1 heterocycles. The van der Waals surface area contributed by atoms with E-state index in [-0.39, 0.29) is 24.3 Å². The average molecular weight is 300 g/mol. The summed E-state index contributed by atoms with van der Waals surface area (Å²) in [6, 6.07) is 5.56. The fourth-order valence-electron chi connectivity index (χ4n) is 2.35. The highest BCUT2D eigenvalue weighted by molar-refractivity contribution is 5.89. The lowest BCUT2D eigenvalue weighted by atomic mass is 9.99. The van der Waals surface area contributed by atoms with Gasteiger partial charge in [-0.2, -0.15) is 8.78 Å². The van der Waals surface area contributed by atoms with Gasteiger partial charge in [0, 0.05) is 31.5 Å². The number of aliphatic hydroxyl groups is 1. The first kappa shape index (κ1) is 15.5. The second-order valence-electron chi connectivity index (χ2n) is 4.97. The molecule has 1 aliphatic heterocycles. The number of carbonyl (C=O) groups excluding carboxylic acids is 1. The van der Waals surface area contributed by atoms with Crippen LogP contribution in [0.5, 0.6) is 5.75 Å². The van der Waals surface area contributed by atoms with Gasteiger partial charge in [0.15, 0.2) is 0 Å². The predicted octanol–water partition coefficient (Wildman–Crippen LogP) is 2.52. The van der Waals surface area contributed by atoms with E-state index >= 15 is 0 Å². The van der Waals surface area contributed by atoms with Gasteiger partial charge in [-0.25, -0.2) is 4.79 Å². The molecule has 0 radical (unpaired) electrons. The van der Waals surface area contributed by atoms with Crippen molar-refractivity contribution < 1.29 is 23.4 Å². The van der Waals surface area contributed by atoms with Crippen LogP contribution in [-0.4, -0.2) is 42.3 Å². The maximum absolute atomic E-state index is 12.1. The molecular formula is C14H18F2N2O3. The van der Waals surface area contributed by atoms with E-state index in [4.69, 9.17) is 5.11 Å². The van der Waals surface area contributed by atoms with Gasteiger partial charge in [-0.3, -0.25) is 0 Å². The van der Waals surface area contributed by atoms with Crippen LogP contribution in [0.4, 0.5) is 19.3 Å². The summed E-state index contributed by atoms with van der Waals surface area (Å²) < 4.78 is 28.6. The number of halogens is 2. The summed E-state index contributed by atoms with van der Waals surface area (Å²) in [4.78, 5) is 13.7. The Balaban J connectivity index is 1.95. The van der Waals surface area contributed by atoms with Crippen molar-refractivity contribution in [2.45, 2.75) is 19.5 Å². The molecule has 0 aromatic heterocycles. The first-order valence-corrected chi connectivity index (χ1v) is 6.80. The number of alkyl halides is 2. The third kappa shape index (κ3) is 4.56. The van der Waals surface area contributed by atoms with E-state index < -0.39 is 6.61 Å². The van der Waals surface area contributed by atoms with Gasteiger partial charge >= 0.3 is 12.6 Å². The number of likely N-dealkylation sites (tertiary alicyclic amines) is 1. The van der Waals surface area contributed by atoms with Gasteiger partial charge in [0.25, 0.3) is 0 Å². The van der Waals surface area contributed by atoms with E-state index in [0.29, 0.717) is 18.8 Å². The number of rotatable bonds is 4. The number of amides is 2. The Morgan fingerprint density at radius 1 is 1.52 bits per heavy atom. The molecule has 1 unspecified atom stereocenters. The maximum atomic E-state index is 12.1. The number of carbonyl (C=O) groups is 1. The molecule has 1 atom stereocenters. The van der Waals surface area contributed by atoms with Crippen molar-refractivity contribution in [1.82, 2.24) is 4.90 Å². The smallest absolute Gasteiger partial charge is 0.387 e. The van der Waals surface area contributed by atoms with Crippen molar-refractivity contribution in [3.05, 3.63) is 24.3 Å². The highest BCUT2D eigenvalue weighted by Gasteiger charge is 2.23. The Kier molecular flexibility index (Phi) is 5.32. The number of aliphatic hydroxyl groups excluding tert-OH is 1. The fraction of sp³-hybridized carbons (Fsp3) is 0.500. The molecule has 0 aliphatic carbocycles. The van der Waals surface area contributed by atoms with E-state index in [1.165, 1.54) is 18.2 Å². The maximum Gasteiger partial charge on any atom is 0.387 e. The molecule has 2 amide bonds. The largest absolute Gasteiger partial charge is 0.435 e. The van der Waals surface area contributed by atoms with E-state index in [9.17, 15) is 13.6 Å². The number of piperidine rings is 1. The second kappa shape index (κ2) is 7.21. The molecule has 1 saturated heterocycles. The lowest BCUT2D eigenvalue weighted by Crippen LogP contribution is -2.43. The molecular weight excluding hydrogens is 282 g/mol. The van der Waals surface area contributed by atoms with Crippen LogP contribution in [0.3, 0.4) is 0 Å². The minimum absolute atomic E-state index is 0.00493. The lowest BCUT2D eigenvalue weighted by Gasteiger charge is -2.31. The molecule has 1 fully saturated rings. The molecule has 1 aromatic rings. The zero-order valence-corrected chi connectivity index (χ0v) is 11.5. The zero-order valence-electron chi connectivity index (χ0n) is 11.5. The molecule has 1 aromatic carbocycles. The van der Waals surface area contributed by atoms with Crippen molar-refractivity contribution in [3.63, 3.8) is 0 Å². The fourth-order valence-corrected chi connectivity index (χ4v) is 2.35. The number of nitrogens with zero attached hydrogens (tertiary/aromatic N) is 1. The van der Waals surface area contributed by atoms with Crippen LogP contribution in [0.2, 0.25) is 0 Å². The van der Waals surface area contributed by atoms with Crippen LogP contribution >= 0.6 is 0 Å². The van der Waals surface area contributed by atoms with Crippen molar-refractivity contribution in [2.24, 2.45) is 5.92 Å². The van der Waals surface area contributed by atoms with Gasteiger partial charge in [-0.1, -0.05) is 6.07 Å². The number of urea groups is 1. The summed E-state index contributed by atoms with van der Waals surface area (Å²) >= 11 is 0. The Labute approximate surface area is 121 Å². The monoisotopic (exact) mass is 300 g/mol. The van der Waals surface area contributed by atoms with Crippen LogP contribution in [-0.2, 0) is 0 Å². The summed E-state index contributed by atoms with van der Waals surface area (Å²) in [5.41, 5.74) is 0.393. The van der Waals surface area contributed by atoms with E-state index in [1.807, 2.05) is 0 Å². The first-order valence-electron chi connectivity index (χ1n) is 6.80. The molecule has 1 aliphatic rings. The number of nitrogens with one attached hydrogen (secondary N) is 1. The first-order chi connectivity index (χ1) is 10.1. The molecule has 116 valence electrons. The van der Waals surface area contributed by atoms with Crippen molar-refractivity contribution >= 4 is 11.7 Å². The van der Waals surface area contributed by atoms with E-state index in [2.05, 4.69) is 10.1 Å². The third-order valence-electron chi connectivity index (χ3n) is 3.37. The molecule has 0 spiro atoms. The number of hydrogen-bond acceptors (Lipinski definition) is 3. The lowest BCUT2D eigenvalue weighted by molar-refractivity contribution is -0.0497. The highest BCUT2D eigenvalue weighted by Crippen LogP contribution is 2.21. The van der Waals surface area contributed by atoms with Crippen LogP contribution in [0.15, 0.2) is 24.3 Å². The number of anilines is 1. The normalized spacial score (nSPS) is 18.7. The van der Waals surface area contributed by atoms with E-state index in [1.54, 1.807) is 11.0 Å². The van der Waals surface area contributed by atoms with Crippen LogP contribution < -0.4 is 10.1 Å². The summed E-state index contributed by atoms with van der Waals surface area (Å²) in [7, 11) is 0. The SMILES string of the molecule is O=C(Nc1cccc(OC(F)F)c1)N1CCCC(CO)C1. The standard InChI is InChI=1S/C14H18F2N2O3/c15-13(16)21-12-5-1-4-11(7-12)17-14(20)18-6-2-3-10(8-18)9-19/h1,4-5,7,10,13,19H,2-3,6,8-9H2,(H,17,20). The van der Waals surface area contributed by atoms with Crippen molar-refractivity contribution in [1.29, 1.82) is 0 Å². The third-order valence-corrected chi connectivity index (χ3v) is 3.37. The van der Waals surface area contributed by atoms with Crippen LogP contribution in [0.1, 0.15) is 12.8 Å². The summed E-state index contributed by atoms with van der Waals surface area (Å²) in [5.74, 6) is 0.0904. The summed E-state index contributed by atoms with van der Waals surface area (Å²) in [6.07, 6.45) is 1.74. The minimum Gasteiger partial charge on any atom is -0.435 e. The predicted molar refractivity (Wildman–Crippen MR) is 73.5 cm³/mol. The average Bonchev–Trinajstić information content (AvgIpc) is 2.47. The molecule has 2 N–H and O–H groups in total. The quantitative estimate of drug-likeness (QED) is 0.898. The van der Waals surface area contributed by atoms with Gasteiger partial charge in [0.2, 0.25) is 0 Å². The molecule has 0 bridgehead atoms. The molecule has 7 heteroatoms. The molecule has 2 rings (SSSR count). The van der Waals surface area contributed by atoms with Gasteiger partial charge in [0.05, 0.1) is 0 Å². The topological polar surface area (TPSA) is 61.8 Å². The Morgan fingerprint density at radius 3 is 3.05 bits per heavy atom. The minimum atomic E-state index is -2.90. The molecule has 0 saturated carbocycles. The van der Waals surface area contributed by atoms with Gasteiger partial charge in [-0.05, 0) is 30.9 Å². The number of benzene rings is 1. The summed E-state index contributed by atoms with van der Waals surface area (Å²) in [6.45, 7) is -1.73. The molecule has 21 heavy (non-hydrogen) atoms. The van der Waals surface area contributed by atoms with Crippen molar-refractivity contribution in [2.75, 3.05) is 25.0 Å². The van der Waals surface area contributed by atoms with Crippen molar-refractivity contribution in [3.8, 4) is 5.75 Å². The van der Waals surface area contributed by atoms with Gasteiger partial charge < -0.3 is 20.1 Å². The number of hydrogen-bond donors (Lipinski definition) is 2. The van der Waals surface area contributed by atoms with E-state index in [0.717, 1.165) is 12.8 Å². The van der Waals surface area contributed by atoms with Crippen LogP contribution in [0.25, 0.3) is 0 Å².